The number of nitrogens with one attached hydrogen (secondary N) is 1. The van der Waals surface area contributed by atoms with Gasteiger partial charge in [-0.1, -0.05) is 25.3 Å². The van der Waals surface area contributed by atoms with E-state index in [2.05, 4.69) is 40.9 Å². The van der Waals surface area contributed by atoms with E-state index in [1.165, 1.54) is 95.1 Å². The Balaban J connectivity index is 1.39. The first-order chi connectivity index (χ1) is 13.2. The molecule has 1 saturated carbocycles. The van der Waals surface area contributed by atoms with Crippen LogP contribution < -0.4 is 0 Å². The van der Waals surface area contributed by atoms with Crippen LogP contribution >= 0.6 is 0 Å². The van der Waals surface area contributed by atoms with Crippen molar-refractivity contribution in [2.24, 2.45) is 5.92 Å². The number of rotatable bonds is 3. The van der Waals surface area contributed by atoms with Gasteiger partial charge in [0.25, 0.3) is 0 Å². The van der Waals surface area contributed by atoms with Crippen molar-refractivity contribution in [3.63, 3.8) is 0 Å². The molecule has 0 aromatic heterocycles. The van der Waals surface area contributed by atoms with Crippen molar-refractivity contribution < 1.29 is 0 Å². The van der Waals surface area contributed by atoms with Gasteiger partial charge in [-0.05, 0) is 90.2 Å². The van der Waals surface area contributed by atoms with Crippen molar-refractivity contribution in [1.29, 1.82) is 5.41 Å². The molecule has 4 aliphatic rings. The Morgan fingerprint density at radius 3 is 2.19 bits per heavy atom. The molecule has 1 aliphatic carbocycles. The third-order valence-electron chi connectivity index (χ3n) is 7.53. The first-order valence-electron chi connectivity index (χ1n) is 11.4. The second kappa shape index (κ2) is 8.48. The van der Waals surface area contributed by atoms with Crippen LogP contribution in [0.4, 0.5) is 0 Å². The minimum Gasteiger partial charge on any atom is -0.330 e. The third-order valence-corrected chi connectivity index (χ3v) is 7.53. The van der Waals surface area contributed by atoms with Crippen molar-refractivity contribution in [2.45, 2.75) is 76.8 Å². The number of hydrogen-bond acceptors (Lipinski definition) is 3. The molecular weight excluding hydrogens is 332 g/mol. The first kappa shape index (κ1) is 19.2. The van der Waals surface area contributed by atoms with Crippen LogP contribution in [0.25, 0.3) is 0 Å². The van der Waals surface area contributed by atoms with Crippen LogP contribution in [0.1, 0.15) is 64.7 Å². The van der Waals surface area contributed by atoms with E-state index in [-0.39, 0.29) is 0 Å². The Morgan fingerprint density at radius 2 is 1.56 bits per heavy atom. The fourth-order valence-corrected chi connectivity index (χ4v) is 5.77. The lowest BCUT2D eigenvalue weighted by molar-refractivity contribution is 0.0915. The molecule has 0 atom stereocenters. The lowest BCUT2D eigenvalue weighted by Crippen LogP contribution is -2.47. The van der Waals surface area contributed by atoms with Crippen molar-refractivity contribution in [2.75, 3.05) is 33.2 Å². The van der Waals surface area contributed by atoms with Crippen LogP contribution in [-0.2, 0) is 0 Å². The quantitative estimate of drug-likeness (QED) is 0.806. The Bertz CT molecular complexity index is 585. The Hall–Kier alpha value is -1.13. The molecule has 4 nitrogen and oxygen atoms in total. The highest BCUT2D eigenvalue weighted by molar-refractivity contribution is 6.03. The molecular formula is C23H38N4. The van der Waals surface area contributed by atoms with Crippen LogP contribution in [0.5, 0.6) is 0 Å². The average molecular weight is 371 g/mol. The Morgan fingerprint density at radius 1 is 0.889 bits per heavy atom. The van der Waals surface area contributed by atoms with Gasteiger partial charge in [-0.15, -0.1) is 0 Å². The van der Waals surface area contributed by atoms with Gasteiger partial charge in [-0.3, -0.25) is 5.41 Å². The van der Waals surface area contributed by atoms with Crippen molar-refractivity contribution in [3.8, 4) is 0 Å². The summed E-state index contributed by atoms with van der Waals surface area (Å²) < 4.78 is 0. The molecule has 4 heteroatoms. The van der Waals surface area contributed by atoms with E-state index in [0.717, 1.165) is 11.9 Å². The van der Waals surface area contributed by atoms with E-state index in [1.54, 1.807) is 0 Å². The summed E-state index contributed by atoms with van der Waals surface area (Å²) in [7, 11) is 2.25. The smallest absolute Gasteiger partial charge is 0.132 e. The van der Waals surface area contributed by atoms with Crippen molar-refractivity contribution >= 4 is 5.84 Å². The van der Waals surface area contributed by atoms with E-state index in [9.17, 15) is 0 Å². The molecule has 27 heavy (non-hydrogen) atoms. The molecule has 0 bridgehead atoms. The van der Waals surface area contributed by atoms with Crippen molar-refractivity contribution in [1.82, 2.24) is 14.7 Å². The number of piperidine rings is 2. The largest absolute Gasteiger partial charge is 0.330 e. The van der Waals surface area contributed by atoms with Gasteiger partial charge in [-0.25, -0.2) is 0 Å². The average Bonchev–Trinajstić information content (AvgIpc) is 3.05. The Kier molecular flexibility index (Phi) is 6.03. The highest BCUT2D eigenvalue weighted by Crippen LogP contribution is 2.38. The Labute approximate surface area is 165 Å². The summed E-state index contributed by atoms with van der Waals surface area (Å²) in [5, 5.41) is 8.76. The molecule has 0 aromatic carbocycles. The molecule has 4 rings (SSSR count). The fourth-order valence-electron chi connectivity index (χ4n) is 5.77. The number of nitrogens with zero attached hydrogens (tertiary/aromatic N) is 3. The van der Waals surface area contributed by atoms with E-state index < -0.39 is 0 Å². The summed E-state index contributed by atoms with van der Waals surface area (Å²) >= 11 is 0. The van der Waals surface area contributed by atoms with Gasteiger partial charge in [0.2, 0.25) is 0 Å². The number of amidine groups is 1. The maximum Gasteiger partial charge on any atom is 0.132 e. The SMILES string of the molecule is C/C=C1\C(=N)N(C2CCCCC2)C=C1C1CCN(C2CCN(C)CC2)CC1. The van der Waals surface area contributed by atoms with Crippen molar-refractivity contribution in [3.05, 3.63) is 23.4 Å². The monoisotopic (exact) mass is 370 g/mol. The highest BCUT2D eigenvalue weighted by Gasteiger charge is 2.35. The number of hydrogen-bond donors (Lipinski definition) is 1. The van der Waals surface area contributed by atoms with E-state index in [4.69, 9.17) is 5.41 Å². The molecule has 2 saturated heterocycles. The molecule has 0 aromatic rings. The zero-order chi connectivity index (χ0) is 18.8. The number of likely N-dealkylation sites (tertiary alicyclic amines) is 2. The van der Waals surface area contributed by atoms with Crippen LogP contribution in [0.15, 0.2) is 23.4 Å². The predicted octanol–water partition coefficient (Wildman–Crippen LogP) is 4.25. The molecule has 150 valence electrons. The van der Waals surface area contributed by atoms with Crippen LogP contribution in [-0.4, -0.2) is 65.8 Å². The minimum atomic E-state index is 0.568. The second-order valence-corrected chi connectivity index (χ2v) is 9.18. The highest BCUT2D eigenvalue weighted by atomic mass is 15.2. The van der Waals surface area contributed by atoms with Crippen LogP contribution in [0.3, 0.4) is 0 Å². The maximum atomic E-state index is 8.76. The molecule has 0 amide bonds. The summed E-state index contributed by atoms with van der Waals surface area (Å²) in [5.74, 6) is 1.42. The molecule has 0 spiro atoms. The lowest BCUT2D eigenvalue weighted by Gasteiger charge is -2.41. The van der Waals surface area contributed by atoms with Crippen LogP contribution in [0.2, 0.25) is 0 Å². The summed E-state index contributed by atoms with van der Waals surface area (Å²) in [5.41, 5.74) is 2.69. The first-order valence-corrected chi connectivity index (χ1v) is 11.4. The van der Waals surface area contributed by atoms with Gasteiger partial charge in [0.05, 0.1) is 0 Å². The standard InChI is InChI=1S/C23H38N4/c1-3-21-22(17-27(23(21)24)20-7-5-4-6-8-20)18-9-15-26(16-10-18)19-11-13-25(2)14-12-19/h3,17-20,24H,4-16H2,1-2H3/b21-3-,24-23?. The summed E-state index contributed by atoms with van der Waals surface area (Å²) in [6.45, 7) is 7.11. The van der Waals surface area contributed by atoms with E-state index in [1.807, 2.05) is 0 Å². The zero-order valence-corrected chi connectivity index (χ0v) is 17.4. The normalized spacial score (nSPS) is 29.7. The molecule has 0 unspecified atom stereocenters. The predicted molar refractivity (Wildman–Crippen MR) is 113 cm³/mol. The van der Waals surface area contributed by atoms with Gasteiger partial charge in [0.1, 0.15) is 5.84 Å². The molecule has 0 radical (unpaired) electrons. The third kappa shape index (κ3) is 4.02. The summed E-state index contributed by atoms with van der Waals surface area (Å²) in [4.78, 5) is 7.56. The number of allylic oxidation sites excluding steroid dienone is 1. The second-order valence-electron chi connectivity index (χ2n) is 9.18. The maximum absolute atomic E-state index is 8.76. The van der Waals surface area contributed by atoms with Gasteiger partial charge in [0.15, 0.2) is 0 Å². The topological polar surface area (TPSA) is 33.6 Å². The summed E-state index contributed by atoms with van der Waals surface area (Å²) in [6.07, 6.45) is 16.3. The summed E-state index contributed by atoms with van der Waals surface area (Å²) in [6, 6.07) is 1.37. The van der Waals surface area contributed by atoms with Gasteiger partial charge in [-0.2, -0.15) is 0 Å². The van der Waals surface area contributed by atoms with E-state index >= 15 is 0 Å². The molecule has 3 aliphatic heterocycles. The van der Waals surface area contributed by atoms with Gasteiger partial charge >= 0.3 is 0 Å². The zero-order valence-electron chi connectivity index (χ0n) is 17.4. The lowest BCUT2D eigenvalue weighted by atomic mass is 9.85. The fraction of sp³-hybridized carbons (Fsp3) is 0.783. The van der Waals surface area contributed by atoms with Crippen LogP contribution in [0, 0.1) is 11.3 Å². The molecule has 3 heterocycles. The van der Waals surface area contributed by atoms with E-state index in [0.29, 0.717) is 12.0 Å². The van der Waals surface area contributed by atoms with Gasteiger partial charge in [0, 0.05) is 23.9 Å². The molecule has 3 fully saturated rings. The minimum absolute atomic E-state index is 0.568. The van der Waals surface area contributed by atoms with Gasteiger partial charge < -0.3 is 14.7 Å². The molecule has 1 N–H and O–H groups in total.